The molecule has 2 N–H and O–H groups in total. The van der Waals surface area contributed by atoms with Crippen LogP contribution in [0.3, 0.4) is 0 Å². The fourth-order valence-corrected chi connectivity index (χ4v) is 2.81. The van der Waals surface area contributed by atoms with E-state index in [0.29, 0.717) is 0 Å². The summed E-state index contributed by atoms with van der Waals surface area (Å²) in [6.07, 6.45) is 8.17. The van der Waals surface area contributed by atoms with Crippen LogP contribution in [0.25, 0.3) is 0 Å². The Morgan fingerprint density at radius 1 is 1.35 bits per heavy atom. The second-order valence-corrected chi connectivity index (χ2v) is 5.47. The number of hydrogen-bond donors (Lipinski definition) is 2. The third-order valence-electron chi connectivity index (χ3n) is 3.99. The van der Waals surface area contributed by atoms with E-state index < -0.39 is 0 Å². The normalized spacial score (nSPS) is 21.9. The zero-order chi connectivity index (χ0) is 13.8. The summed E-state index contributed by atoms with van der Waals surface area (Å²) in [6.45, 7) is 2.47. The molecule has 4 nitrogen and oxygen atoms in total. The number of rotatable bonds is 4. The lowest BCUT2D eigenvalue weighted by atomic mass is 9.94. The molecule has 0 saturated carbocycles. The molecule has 2 amide bonds. The highest BCUT2D eigenvalue weighted by atomic mass is 16.2. The Labute approximate surface area is 119 Å². The molecule has 1 atom stereocenters. The van der Waals surface area contributed by atoms with Crippen LogP contribution in [0.5, 0.6) is 0 Å². The van der Waals surface area contributed by atoms with E-state index in [1.807, 2.05) is 12.1 Å². The van der Waals surface area contributed by atoms with Gasteiger partial charge in [0.1, 0.15) is 0 Å². The van der Waals surface area contributed by atoms with Gasteiger partial charge >= 0.3 is 6.03 Å². The van der Waals surface area contributed by atoms with Crippen molar-refractivity contribution in [3.8, 4) is 0 Å². The molecule has 3 rings (SSSR count). The van der Waals surface area contributed by atoms with E-state index in [1.54, 1.807) is 4.90 Å². The molecule has 0 spiro atoms. The van der Waals surface area contributed by atoms with E-state index in [2.05, 4.69) is 34.9 Å². The van der Waals surface area contributed by atoms with E-state index in [0.717, 1.165) is 36.9 Å². The maximum Gasteiger partial charge on any atom is 0.321 e. The smallest absolute Gasteiger partial charge is 0.321 e. The van der Waals surface area contributed by atoms with Crippen LogP contribution in [0.4, 0.5) is 16.2 Å². The minimum atomic E-state index is -0.000400. The van der Waals surface area contributed by atoms with Gasteiger partial charge in [-0.2, -0.15) is 0 Å². The molecule has 1 saturated heterocycles. The Morgan fingerprint density at radius 2 is 2.30 bits per heavy atom. The highest BCUT2D eigenvalue weighted by Crippen LogP contribution is 2.23. The maximum atomic E-state index is 11.7. The monoisotopic (exact) mass is 271 g/mol. The molecule has 1 aliphatic heterocycles. The second kappa shape index (κ2) is 5.99. The Bertz CT molecular complexity index is 512. The Hall–Kier alpha value is -1.97. The van der Waals surface area contributed by atoms with Crippen LogP contribution in [0.1, 0.15) is 19.3 Å². The van der Waals surface area contributed by atoms with Gasteiger partial charge in [0.15, 0.2) is 0 Å². The molecule has 1 aromatic rings. The van der Waals surface area contributed by atoms with Crippen molar-refractivity contribution in [2.24, 2.45) is 5.92 Å². The van der Waals surface area contributed by atoms with Crippen molar-refractivity contribution in [2.45, 2.75) is 19.3 Å². The minimum Gasteiger partial charge on any atom is -0.385 e. The molecule has 0 bridgehead atoms. The van der Waals surface area contributed by atoms with Crippen molar-refractivity contribution in [3.63, 3.8) is 0 Å². The van der Waals surface area contributed by atoms with Crippen molar-refractivity contribution in [1.82, 2.24) is 5.32 Å². The molecule has 2 aliphatic rings. The van der Waals surface area contributed by atoms with Crippen molar-refractivity contribution < 1.29 is 4.79 Å². The summed E-state index contributed by atoms with van der Waals surface area (Å²) in [4.78, 5) is 13.5. The molecule has 1 heterocycles. The number of nitrogens with zero attached hydrogens (tertiary/aromatic N) is 1. The Kier molecular flexibility index (Phi) is 3.90. The van der Waals surface area contributed by atoms with E-state index in [1.165, 1.54) is 19.3 Å². The third-order valence-corrected chi connectivity index (χ3v) is 3.99. The first kappa shape index (κ1) is 13.0. The average Bonchev–Trinajstić information content (AvgIpc) is 2.93. The lowest BCUT2D eigenvalue weighted by Crippen LogP contribution is -2.27. The fraction of sp³-hybridized carbons (Fsp3) is 0.438. The Morgan fingerprint density at radius 3 is 3.05 bits per heavy atom. The molecule has 1 aliphatic carbocycles. The van der Waals surface area contributed by atoms with Crippen molar-refractivity contribution in [3.05, 3.63) is 36.4 Å². The van der Waals surface area contributed by atoms with Gasteiger partial charge in [0.05, 0.1) is 0 Å². The number of amides is 2. The first-order valence-electron chi connectivity index (χ1n) is 7.37. The molecule has 1 fully saturated rings. The van der Waals surface area contributed by atoms with Crippen molar-refractivity contribution in [2.75, 3.05) is 29.9 Å². The van der Waals surface area contributed by atoms with Crippen LogP contribution in [-0.4, -0.2) is 25.7 Å². The fourth-order valence-electron chi connectivity index (χ4n) is 2.81. The topological polar surface area (TPSA) is 44.4 Å². The molecule has 1 aromatic carbocycles. The summed E-state index contributed by atoms with van der Waals surface area (Å²) in [7, 11) is 0. The van der Waals surface area contributed by atoms with E-state index in [9.17, 15) is 4.79 Å². The third kappa shape index (κ3) is 2.95. The number of urea groups is 1. The first-order chi connectivity index (χ1) is 9.83. The van der Waals surface area contributed by atoms with Gasteiger partial charge in [-0.25, -0.2) is 4.79 Å². The van der Waals surface area contributed by atoms with Crippen LogP contribution in [0, 0.1) is 5.92 Å². The quantitative estimate of drug-likeness (QED) is 0.827. The number of allylic oxidation sites excluding steroid dienone is 2. The summed E-state index contributed by atoms with van der Waals surface area (Å²) >= 11 is 0. The van der Waals surface area contributed by atoms with Crippen LogP contribution < -0.4 is 15.5 Å². The van der Waals surface area contributed by atoms with Crippen molar-refractivity contribution >= 4 is 17.4 Å². The maximum absolute atomic E-state index is 11.7. The predicted octanol–water partition coefficient (Wildman–Crippen LogP) is 2.98. The van der Waals surface area contributed by atoms with E-state index in [-0.39, 0.29) is 6.03 Å². The average molecular weight is 271 g/mol. The zero-order valence-electron chi connectivity index (χ0n) is 11.6. The number of anilines is 2. The Balaban J connectivity index is 1.62. The standard InChI is InChI=1S/C16H21N3O/c20-16-17-9-10-19(16)15-8-4-7-14(11-15)18-12-13-5-2-1-3-6-13/h1-2,4,7-8,11,13,18H,3,5-6,9-10,12H2,(H,17,20). The predicted molar refractivity (Wildman–Crippen MR) is 82.2 cm³/mol. The zero-order valence-corrected chi connectivity index (χ0v) is 11.6. The van der Waals surface area contributed by atoms with Gasteiger partial charge in [0.25, 0.3) is 0 Å². The summed E-state index contributed by atoms with van der Waals surface area (Å²) < 4.78 is 0. The summed E-state index contributed by atoms with van der Waals surface area (Å²) in [5.41, 5.74) is 2.06. The minimum absolute atomic E-state index is 0.000400. The molecular weight excluding hydrogens is 250 g/mol. The number of nitrogens with one attached hydrogen (secondary N) is 2. The lowest BCUT2D eigenvalue weighted by Gasteiger charge is -2.20. The summed E-state index contributed by atoms with van der Waals surface area (Å²) in [5, 5.41) is 6.33. The van der Waals surface area contributed by atoms with Gasteiger partial charge in [-0.3, -0.25) is 4.90 Å². The highest BCUT2D eigenvalue weighted by Gasteiger charge is 2.21. The number of hydrogen-bond acceptors (Lipinski definition) is 2. The summed E-state index contributed by atoms with van der Waals surface area (Å²) in [6, 6.07) is 8.11. The van der Waals surface area contributed by atoms with E-state index in [4.69, 9.17) is 0 Å². The van der Waals surface area contributed by atoms with Gasteiger partial charge in [0, 0.05) is 31.0 Å². The van der Waals surface area contributed by atoms with Gasteiger partial charge in [0.2, 0.25) is 0 Å². The van der Waals surface area contributed by atoms with Crippen LogP contribution in [-0.2, 0) is 0 Å². The highest BCUT2D eigenvalue weighted by molar-refractivity contribution is 5.94. The molecule has 4 heteroatoms. The SMILES string of the molecule is O=C1NCCN1c1cccc(NCC2CC=CCC2)c1. The van der Waals surface area contributed by atoms with Gasteiger partial charge in [-0.15, -0.1) is 0 Å². The molecule has 1 unspecified atom stereocenters. The van der Waals surface area contributed by atoms with Crippen LogP contribution in [0.2, 0.25) is 0 Å². The number of carbonyl (C=O) groups excluding carboxylic acids is 1. The second-order valence-electron chi connectivity index (χ2n) is 5.47. The lowest BCUT2D eigenvalue weighted by molar-refractivity contribution is 0.252. The van der Waals surface area contributed by atoms with Gasteiger partial charge < -0.3 is 10.6 Å². The molecule has 20 heavy (non-hydrogen) atoms. The van der Waals surface area contributed by atoms with Gasteiger partial charge in [-0.05, 0) is 43.4 Å². The molecular formula is C16H21N3O. The number of carbonyl (C=O) groups is 1. The first-order valence-corrected chi connectivity index (χ1v) is 7.37. The summed E-state index contributed by atoms with van der Waals surface area (Å²) in [5.74, 6) is 0.721. The van der Waals surface area contributed by atoms with E-state index >= 15 is 0 Å². The van der Waals surface area contributed by atoms with Gasteiger partial charge in [-0.1, -0.05) is 18.2 Å². The largest absolute Gasteiger partial charge is 0.385 e. The van der Waals surface area contributed by atoms with Crippen LogP contribution in [0.15, 0.2) is 36.4 Å². The number of benzene rings is 1. The van der Waals surface area contributed by atoms with Crippen LogP contribution >= 0.6 is 0 Å². The molecule has 0 aromatic heterocycles. The molecule has 106 valence electrons. The molecule has 0 radical (unpaired) electrons. The van der Waals surface area contributed by atoms with Crippen molar-refractivity contribution in [1.29, 1.82) is 0 Å².